The Hall–Kier alpha value is -1.99. The van der Waals surface area contributed by atoms with Gasteiger partial charge in [0.2, 0.25) is 11.6 Å². The Morgan fingerprint density at radius 1 is 1.41 bits per heavy atom. The van der Waals surface area contributed by atoms with E-state index < -0.39 is 11.7 Å². The molecule has 1 rings (SSSR count). The molecular weight excluding hydrogens is 226 g/mol. The van der Waals surface area contributed by atoms with Crippen LogP contribution in [0.2, 0.25) is 0 Å². The first kappa shape index (κ1) is 13.1. The fraction of sp³-hybridized carbons (Fsp3) is 0.667. The van der Waals surface area contributed by atoms with Gasteiger partial charge in [-0.1, -0.05) is 0 Å². The molecule has 0 aromatic carbocycles. The Labute approximate surface area is 98.3 Å². The zero-order valence-corrected chi connectivity index (χ0v) is 10.2. The number of tetrazole rings is 1. The first-order valence-corrected chi connectivity index (χ1v) is 5.02. The van der Waals surface area contributed by atoms with Gasteiger partial charge in [0.05, 0.1) is 6.54 Å². The molecule has 1 amide bonds. The second-order valence-electron chi connectivity index (χ2n) is 4.40. The van der Waals surface area contributed by atoms with Crippen LogP contribution in [0, 0.1) is 0 Å². The van der Waals surface area contributed by atoms with Crippen molar-refractivity contribution >= 4 is 11.9 Å². The highest BCUT2D eigenvalue weighted by molar-refractivity contribution is 5.95. The van der Waals surface area contributed by atoms with Gasteiger partial charge in [0.1, 0.15) is 5.60 Å². The zero-order chi connectivity index (χ0) is 13.1. The number of Topliss-reactive ketones (excluding diaryl/α,β-unsaturated/α-hetero) is 1. The van der Waals surface area contributed by atoms with Crippen LogP contribution in [0.5, 0.6) is 0 Å². The number of carbonyl (C=O) groups excluding carboxylic acids is 2. The van der Waals surface area contributed by atoms with Crippen LogP contribution < -0.4 is 5.32 Å². The summed E-state index contributed by atoms with van der Waals surface area (Å²) in [6, 6.07) is 0. The van der Waals surface area contributed by atoms with Crippen molar-refractivity contribution in [3.63, 3.8) is 0 Å². The summed E-state index contributed by atoms with van der Waals surface area (Å²) in [7, 11) is 1.54. The quantitative estimate of drug-likeness (QED) is 0.743. The molecule has 1 heterocycles. The minimum absolute atomic E-state index is 0.0843. The number of hydrogen-bond donors (Lipinski definition) is 1. The summed E-state index contributed by atoms with van der Waals surface area (Å²) in [6.07, 6.45) is -0.652. The normalized spacial score (nSPS) is 11.1. The fourth-order valence-corrected chi connectivity index (χ4v) is 1.01. The lowest BCUT2D eigenvalue weighted by molar-refractivity contribution is 0.0519. The Morgan fingerprint density at radius 2 is 2.06 bits per heavy atom. The number of carbonyl (C=O) groups is 2. The third-order valence-electron chi connectivity index (χ3n) is 1.66. The highest BCUT2D eigenvalue weighted by Crippen LogP contribution is 2.06. The van der Waals surface area contributed by atoms with Crippen LogP contribution in [0.25, 0.3) is 0 Å². The maximum Gasteiger partial charge on any atom is 0.408 e. The summed E-state index contributed by atoms with van der Waals surface area (Å²) in [5.41, 5.74) is -0.598. The van der Waals surface area contributed by atoms with Crippen LogP contribution in [0.3, 0.4) is 0 Å². The molecule has 0 atom stereocenters. The molecule has 0 saturated heterocycles. The molecule has 1 aromatic rings. The smallest absolute Gasteiger partial charge is 0.408 e. The predicted octanol–water partition coefficient (Wildman–Crippen LogP) is -0.0825. The molecule has 0 aliphatic rings. The molecule has 0 bridgehead atoms. The van der Waals surface area contributed by atoms with Gasteiger partial charge < -0.3 is 10.1 Å². The average molecular weight is 241 g/mol. The van der Waals surface area contributed by atoms with Crippen molar-refractivity contribution in [1.29, 1.82) is 0 Å². The number of aromatic nitrogens is 4. The number of aryl methyl sites for hydroxylation is 1. The van der Waals surface area contributed by atoms with Gasteiger partial charge in [-0.3, -0.25) is 4.79 Å². The van der Waals surface area contributed by atoms with E-state index in [9.17, 15) is 9.59 Å². The topological polar surface area (TPSA) is 99.0 Å². The average Bonchev–Trinajstić information content (AvgIpc) is 2.58. The Balaban J connectivity index is 2.45. The molecule has 0 aliphatic carbocycles. The molecular formula is C9H15N5O3. The van der Waals surface area contributed by atoms with Gasteiger partial charge in [0.15, 0.2) is 0 Å². The van der Waals surface area contributed by atoms with Crippen LogP contribution in [0.4, 0.5) is 4.79 Å². The van der Waals surface area contributed by atoms with Gasteiger partial charge in [0, 0.05) is 7.05 Å². The van der Waals surface area contributed by atoms with Crippen LogP contribution in [0.15, 0.2) is 0 Å². The van der Waals surface area contributed by atoms with Crippen molar-refractivity contribution in [1.82, 2.24) is 25.5 Å². The molecule has 17 heavy (non-hydrogen) atoms. The molecule has 0 unspecified atom stereocenters. The monoisotopic (exact) mass is 241 g/mol. The van der Waals surface area contributed by atoms with Gasteiger partial charge in [-0.15, -0.1) is 5.10 Å². The maximum absolute atomic E-state index is 11.6. The summed E-state index contributed by atoms with van der Waals surface area (Å²) < 4.78 is 6.21. The van der Waals surface area contributed by atoms with Crippen molar-refractivity contribution in [2.45, 2.75) is 26.4 Å². The molecule has 0 fully saturated rings. The highest BCUT2D eigenvalue weighted by atomic mass is 16.6. The largest absolute Gasteiger partial charge is 0.444 e. The van der Waals surface area contributed by atoms with E-state index >= 15 is 0 Å². The summed E-state index contributed by atoms with van der Waals surface area (Å²) in [6.45, 7) is 5.01. The summed E-state index contributed by atoms with van der Waals surface area (Å²) in [4.78, 5) is 22.8. The minimum atomic E-state index is -0.652. The van der Waals surface area contributed by atoms with E-state index in [0.29, 0.717) is 0 Å². The number of nitrogens with zero attached hydrogens (tertiary/aromatic N) is 4. The van der Waals surface area contributed by atoms with Crippen LogP contribution in [-0.4, -0.2) is 44.2 Å². The predicted molar refractivity (Wildman–Crippen MR) is 57.4 cm³/mol. The SMILES string of the molecule is Cn1nnnc1C(=O)CNC(=O)OC(C)(C)C. The molecule has 1 N–H and O–H groups in total. The molecule has 8 nitrogen and oxygen atoms in total. The first-order chi connectivity index (χ1) is 7.79. The number of alkyl carbamates (subject to hydrolysis) is 1. The number of rotatable bonds is 3. The molecule has 0 spiro atoms. The van der Waals surface area contributed by atoms with Crippen molar-refractivity contribution in [3.8, 4) is 0 Å². The molecule has 0 aliphatic heterocycles. The van der Waals surface area contributed by atoms with E-state index in [4.69, 9.17) is 4.74 Å². The molecule has 1 aromatic heterocycles. The summed E-state index contributed by atoms with van der Waals surface area (Å²) in [5, 5.41) is 12.7. The van der Waals surface area contributed by atoms with Crippen LogP contribution in [0.1, 0.15) is 31.4 Å². The van der Waals surface area contributed by atoms with E-state index in [-0.39, 0.29) is 18.2 Å². The van der Waals surface area contributed by atoms with Crippen molar-refractivity contribution in [2.75, 3.05) is 6.54 Å². The molecule has 0 saturated carbocycles. The lowest BCUT2D eigenvalue weighted by Crippen LogP contribution is -2.36. The Morgan fingerprint density at radius 3 is 2.53 bits per heavy atom. The molecule has 94 valence electrons. The lowest BCUT2D eigenvalue weighted by atomic mass is 10.2. The van der Waals surface area contributed by atoms with E-state index in [0.717, 1.165) is 0 Å². The number of hydrogen-bond acceptors (Lipinski definition) is 6. The van der Waals surface area contributed by atoms with Gasteiger partial charge >= 0.3 is 6.09 Å². The molecule has 8 heteroatoms. The first-order valence-electron chi connectivity index (χ1n) is 5.02. The van der Waals surface area contributed by atoms with E-state index in [1.807, 2.05) is 0 Å². The van der Waals surface area contributed by atoms with E-state index in [2.05, 4.69) is 20.8 Å². The Kier molecular flexibility index (Phi) is 3.77. The number of amides is 1. The van der Waals surface area contributed by atoms with Gasteiger partial charge in [0.25, 0.3) is 0 Å². The number of ketones is 1. The number of nitrogens with one attached hydrogen (secondary N) is 1. The highest BCUT2D eigenvalue weighted by Gasteiger charge is 2.18. The standard InChI is InChI=1S/C9H15N5O3/c1-9(2,3)17-8(16)10-5-6(15)7-11-12-13-14(7)4/h5H2,1-4H3,(H,10,16). The summed E-state index contributed by atoms with van der Waals surface area (Å²) in [5.74, 6) is -0.301. The lowest BCUT2D eigenvalue weighted by Gasteiger charge is -2.19. The third-order valence-corrected chi connectivity index (χ3v) is 1.66. The van der Waals surface area contributed by atoms with Gasteiger partial charge in [-0.2, -0.15) is 0 Å². The second-order valence-corrected chi connectivity index (χ2v) is 4.40. The van der Waals surface area contributed by atoms with Crippen LogP contribution >= 0.6 is 0 Å². The van der Waals surface area contributed by atoms with Gasteiger partial charge in [-0.25, -0.2) is 9.48 Å². The van der Waals surface area contributed by atoms with Crippen molar-refractivity contribution in [3.05, 3.63) is 5.82 Å². The zero-order valence-electron chi connectivity index (χ0n) is 10.2. The maximum atomic E-state index is 11.6. The van der Waals surface area contributed by atoms with Crippen molar-refractivity contribution in [2.24, 2.45) is 7.05 Å². The molecule has 0 radical (unpaired) electrons. The Bertz CT molecular complexity index is 421. The summed E-state index contributed by atoms with van der Waals surface area (Å²) >= 11 is 0. The number of ether oxygens (including phenoxy) is 1. The second kappa shape index (κ2) is 4.89. The third kappa shape index (κ3) is 4.17. The fourth-order valence-electron chi connectivity index (χ4n) is 1.01. The van der Waals surface area contributed by atoms with Crippen LogP contribution in [-0.2, 0) is 11.8 Å². The minimum Gasteiger partial charge on any atom is -0.444 e. The van der Waals surface area contributed by atoms with Gasteiger partial charge in [-0.05, 0) is 31.2 Å². The van der Waals surface area contributed by atoms with Crippen molar-refractivity contribution < 1.29 is 14.3 Å². The van der Waals surface area contributed by atoms with E-state index in [1.54, 1.807) is 27.8 Å². The van der Waals surface area contributed by atoms with E-state index in [1.165, 1.54) is 4.68 Å².